The van der Waals surface area contributed by atoms with Crippen LogP contribution in [-0.4, -0.2) is 49.1 Å². The molecule has 2 heteroatoms. The normalized spacial score (nSPS) is 35.9. The molecule has 0 saturated carbocycles. The molecule has 2 aromatic carbocycles. The van der Waals surface area contributed by atoms with E-state index in [1.807, 2.05) is 0 Å². The molecule has 148 valence electrons. The highest BCUT2D eigenvalue weighted by molar-refractivity contribution is 5.28. The maximum Gasteiger partial charge on any atom is -0.00102 e. The summed E-state index contributed by atoms with van der Waals surface area (Å²) in [6.07, 6.45) is 8.23. The monoisotopic (exact) mass is 374 g/mol. The maximum absolute atomic E-state index is 2.60. The van der Waals surface area contributed by atoms with Crippen molar-refractivity contribution in [1.29, 1.82) is 0 Å². The molecular weight excluding hydrogens is 340 g/mol. The molecule has 2 nitrogen and oxygen atoms in total. The van der Waals surface area contributed by atoms with Gasteiger partial charge in [-0.2, -0.15) is 0 Å². The fourth-order valence-corrected chi connectivity index (χ4v) is 6.10. The zero-order valence-electron chi connectivity index (χ0n) is 17.2. The summed E-state index contributed by atoms with van der Waals surface area (Å²) in [5.74, 6) is 0. The SMILES string of the molecule is c1ccc(C23CCN(CC2)CC3)cc1.c1ccc(C23CCN(CC2)CC3)cc1. The van der Waals surface area contributed by atoms with Crippen molar-refractivity contribution in [3.05, 3.63) is 71.8 Å². The van der Waals surface area contributed by atoms with E-state index in [9.17, 15) is 0 Å². The lowest BCUT2D eigenvalue weighted by atomic mass is 9.67. The van der Waals surface area contributed by atoms with Gasteiger partial charge in [0.05, 0.1) is 0 Å². The van der Waals surface area contributed by atoms with E-state index < -0.39 is 0 Å². The Labute approximate surface area is 170 Å². The van der Waals surface area contributed by atoms with Crippen LogP contribution in [0, 0.1) is 0 Å². The highest BCUT2D eigenvalue weighted by atomic mass is 15.2. The molecule has 0 amide bonds. The van der Waals surface area contributed by atoms with Crippen LogP contribution in [0.25, 0.3) is 0 Å². The molecule has 0 radical (unpaired) electrons. The molecule has 8 rings (SSSR count). The lowest BCUT2D eigenvalue weighted by molar-refractivity contribution is 0.0817. The predicted octanol–water partition coefficient (Wildman–Crippen LogP) is 4.85. The fraction of sp³-hybridized carbons (Fsp3) is 0.538. The molecule has 0 aliphatic carbocycles. The van der Waals surface area contributed by atoms with Gasteiger partial charge in [-0.05, 0) is 99.8 Å². The minimum absolute atomic E-state index is 0.538. The van der Waals surface area contributed by atoms with Crippen molar-refractivity contribution >= 4 is 0 Å². The zero-order valence-corrected chi connectivity index (χ0v) is 17.2. The molecule has 0 N–H and O–H groups in total. The van der Waals surface area contributed by atoms with Crippen LogP contribution in [0.3, 0.4) is 0 Å². The molecule has 2 aromatic rings. The van der Waals surface area contributed by atoms with Crippen LogP contribution in [-0.2, 0) is 10.8 Å². The number of nitrogens with zero attached hydrogens (tertiary/aromatic N) is 2. The van der Waals surface area contributed by atoms with Gasteiger partial charge in [-0.1, -0.05) is 60.7 Å². The van der Waals surface area contributed by atoms with Gasteiger partial charge in [-0.15, -0.1) is 0 Å². The van der Waals surface area contributed by atoms with E-state index in [0.29, 0.717) is 10.8 Å². The first kappa shape index (κ1) is 18.4. The van der Waals surface area contributed by atoms with Crippen LogP contribution < -0.4 is 0 Å². The Morgan fingerprint density at radius 2 is 0.714 bits per heavy atom. The molecule has 6 heterocycles. The molecule has 4 bridgehead atoms. The molecular formula is C26H34N2. The minimum Gasteiger partial charge on any atom is -0.303 e. The Bertz CT molecular complexity index is 658. The number of benzene rings is 2. The lowest BCUT2D eigenvalue weighted by Gasteiger charge is -2.48. The topological polar surface area (TPSA) is 6.48 Å². The summed E-state index contributed by atoms with van der Waals surface area (Å²) < 4.78 is 0. The molecule has 28 heavy (non-hydrogen) atoms. The van der Waals surface area contributed by atoms with E-state index >= 15 is 0 Å². The van der Waals surface area contributed by atoms with Crippen molar-refractivity contribution in [2.24, 2.45) is 0 Å². The average Bonchev–Trinajstić information content (AvgIpc) is 2.83. The van der Waals surface area contributed by atoms with E-state index in [1.54, 1.807) is 11.1 Å². The van der Waals surface area contributed by atoms with Crippen molar-refractivity contribution in [3.63, 3.8) is 0 Å². The van der Waals surface area contributed by atoms with Gasteiger partial charge in [0.2, 0.25) is 0 Å². The molecule has 6 fully saturated rings. The largest absolute Gasteiger partial charge is 0.303 e. The van der Waals surface area contributed by atoms with Gasteiger partial charge in [0.15, 0.2) is 0 Å². The third kappa shape index (κ3) is 3.42. The molecule has 6 saturated heterocycles. The molecule has 0 unspecified atom stereocenters. The first-order chi connectivity index (χ1) is 13.8. The number of piperidine rings is 6. The summed E-state index contributed by atoms with van der Waals surface area (Å²) in [5.41, 5.74) is 4.24. The molecule has 0 aromatic heterocycles. The van der Waals surface area contributed by atoms with E-state index in [2.05, 4.69) is 70.5 Å². The minimum atomic E-state index is 0.538. The summed E-state index contributed by atoms with van der Waals surface area (Å²) in [4.78, 5) is 5.20. The lowest BCUT2D eigenvalue weighted by Crippen LogP contribution is -2.50. The van der Waals surface area contributed by atoms with Crippen molar-refractivity contribution in [2.45, 2.75) is 49.4 Å². The van der Waals surface area contributed by atoms with Crippen LogP contribution in [0.5, 0.6) is 0 Å². The van der Waals surface area contributed by atoms with Crippen LogP contribution in [0.4, 0.5) is 0 Å². The van der Waals surface area contributed by atoms with Gasteiger partial charge >= 0.3 is 0 Å². The highest BCUT2D eigenvalue weighted by Crippen LogP contribution is 2.43. The smallest absolute Gasteiger partial charge is 0.00102 e. The predicted molar refractivity (Wildman–Crippen MR) is 117 cm³/mol. The molecule has 6 aliphatic rings. The van der Waals surface area contributed by atoms with Gasteiger partial charge in [0.1, 0.15) is 0 Å². The Morgan fingerprint density at radius 1 is 0.429 bits per heavy atom. The number of hydrogen-bond acceptors (Lipinski definition) is 2. The third-order valence-electron chi connectivity index (χ3n) is 8.21. The second-order valence-electron chi connectivity index (χ2n) is 9.48. The zero-order chi connectivity index (χ0) is 18.9. The van der Waals surface area contributed by atoms with Gasteiger partial charge in [-0.3, -0.25) is 0 Å². The summed E-state index contributed by atoms with van der Waals surface area (Å²) in [5, 5.41) is 0. The van der Waals surface area contributed by atoms with Crippen molar-refractivity contribution in [1.82, 2.24) is 9.80 Å². The average molecular weight is 375 g/mol. The fourth-order valence-electron chi connectivity index (χ4n) is 6.10. The molecule has 6 aliphatic heterocycles. The Morgan fingerprint density at radius 3 is 1.00 bits per heavy atom. The quantitative estimate of drug-likeness (QED) is 0.741. The summed E-state index contributed by atoms with van der Waals surface area (Å²) in [7, 11) is 0. The van der Waals surface area contributed by atoms with E-state index in [-0.39, 0.29) is 0 Å². The first-order valence-electron chi connectivity index (χ1n) is 11.3. The standard InChI is InChI=1S/2C13H17N/c2*1-2-4-12(5-3-1)13-6-9-14(10-7-13)11-8-13/h2*1-5H,6-11H2. The van der Waals surface area contributed by atoms with Crippen molar-refractivity contribution < 1.29 is 0 Å². The first-order valence-corrected chi connectivity index (χ1v) is 11.3. The highest BCUT2D eigenvalue weighted by Gasteiger charge is 2.41. The van der Waals surface area contributed by atoms with Crippen molar-refractivity contribution in [3.8, 4) is 0 Å². The van der Waals surface area contributed by atoms with Crippen LogP contribution in [0.15, 0.2) is 60.7 Å². The maximum atomic E-state index is 2.60. The number of rotatable bonds is 2. The van der Waals surface area contributed by atoms with Gasteiger partial charge in [-0.25, -0.2) is 0 Å². The summed E-state index contributed by atoms with van der Waals surface area (Å²) in [6, 6.07) is 22.3. The van der Waals surface area contributed by atoms with Crippen LogP contribution in [0.1, 0.15) is 49.7 Å². The van der Waals surface area contributed by atoms with Crippen LogP contribution >= 0.6 is 0 Å². The van der Waals surface area contributed by atoms with Gasteiger partial charge in [0, 0.05) is 0 Å². The Hall–Kier alpha value is -1.64. The second-order valence-corrected chi connectivity index (χ2v) is 9.48. The van der Waals surface area contributed by atoms with Crippen molar-refractivity contribution in [2.75, 3.05) is 39.3 Å². The summed E-state index contributed by atoms with van der Waals surface area (Å²) >= 11 is 0. The number of hydrogen-bond donors (Lipinski definition) is 0. The number of fused-ring (bicyclic) bond motifs is 6. The van der Waals surface area contributed by atoms with Crippen LogP contribution in [0.2, 0.25) is 0 Å². The Kier molecular flexibility index (Phi) is 5.02. The molecule has 0 spiro atoms. The van der Waals surface area contributed by atoms with E-state index in [0.717, 1.165) is 0 Å². The van der Waals surface area contributed by atoms with Gasteiger partial charge in [0.25, 0.3) is 0 Å². The van der Waals surface area contributed by atoms with Gasteiger partial charge < -0.3 is 9.80 Å². The second kappa shape index (κ2) is 7.65. The van der Waals surface area contributed by atoms with E-state index in [1.165, 1.54) is 77.8 Å². The van der Waals surface area contributed by atoms with E-state index in [4.69, 9.17) is 0 Å². The third-order valence-corrected chi connectivity index (χ3v) is 8.21. The summed E-state index contributed by atoms with van der Waals surface area (Å²) in [6.45, 7) is 7.89. The molecule has 0 atom stereocenters. The Balaban J connectivity index is 0.000000122.